The molecule has 0 radical (unpaired) electrons. The SMILES string of the molecule is CCC(C)Oc1ccc(NC(=O)C2(C)CO2)cc1. The number of anilines is 1. The summed E-state index contributed by atoms with van der Waals surface area (Å²) in [6.45, 7) is 6.38. The number of ether oxygens (including phenoxy) is 2. The third-order valence-electron chi connectivity index (χ3n) is 3.08. The molecule has 0 aliphatic carbocycles. The number of epoxide rings is 1. The Bertz CT molecular complexity index is 423. The van der Waals surface area contributed by atoms with Gasteiger partial charge >= 0.3 is 0 Å². The van der Waals surface area contributed by atoms with Crippen molar-refractivity contribution in [2.24, 2.45) is 0 Å². The minimum Gasteiger partial charge on any atom is -0.491 e. The van der Waals surface area contributed by atoms with Crippen molar-refractivity contribution in [1.82, 2.24) is 0 Å². The molecule has 1 saturated heterocycles. The van der Waals surface area contributed by atoms with Gasteiger partial charge in [-0.1, -0.05) is 6.92 Å². The molecule has 1 amide bonds. The van der Waals surface area contributed by atoms with E-state index in [-0.39, 0.29) is 12.0 Å². The first-order valence-corrected chi connectivity index (χ1v) is 6.25. The molecule has 0 saturated carbocycles. The lowest BCUT2D eigenvalue weighted by Gasteiger charge is -2.13. The molecule has 1 heterocycles. The number of nitrogens with one attached hydrogen (secondary N) is 1. The molecule has 1 aliphatic rings. The average Bonchev–Trinajstić information content (AvgIpc) is 3.11. The smallest absolute Gasteiger partial charge is 0.258 e. The van der Waals surface area contributed by atoms with E-state index in [1.807, 2.05) is 31.2 Å². The number of amides is 1. The van der Waals surface area contributed by atoms with Gasteiger partial charge in [0, 0.05) is 5.69 Å². The fourth-order valence-electron chi connectivity index (χ4n) is 1.44. The van der Waals surface area contributed by atoms with Crippen molar-refractivity contribution >= 4 is 11.6 Å². The highest BCUT2D eigenvalue weighted by molar-refractivity contribution is 5.98. The van der Waals surface area contributed by atoms with E-state index in [4.69, 9.17) is 9.47 Å². The van der Waals surface area contributed by atoms with Crippen molar-refractivity contribution in [1.29, 1.82) is 0 Å². The molecule has 2 unspecified atom stereocenters. The summed E-state index contributed by atoms with van der Waals surface area (Å²) in [5, 5.41) is 2.82. The predicted molar refractivity (Wildman–Crippen MR) is 69.8 cm³/mol. The van der Waals surface area contributed by atoms with E-state index in [2.05, 4.69) is 12.2 Å². The van der Waals surface area contributed by atoms with Crippen LogP contribution in [0, 0.1) is 0 Å². The molecule has 1 aliphatic heterocycles. The lowest BCUT2D eigenvalue weighted by Crippen LogP contribution is -2.28. The fraction of sp³-hybridized carbons (Fsp3) is 0.500. The van der Waals surface area contributed by atoms with E-state index in [0.29, 0.717) is 6.61 Å². The van der Waals surface area contributed by atoms with Crippen LogP contribution >= 0.6 is 0 Å². The third kappa shape index (κ3) is 3.01. The van der Waals surface area contributed by atoms with Gasteiger partial charge in [0.2, 0.25) is 0 Å². The fourth-order valence-corrected chi connectivity index (χ4v) is 1.44. The van der Waals surface area contributed by atoms with Gasteiger partial charge in [0.25, 0.3) is 5.91 Å². The molecule has 0 spiro atoms. The van der Waals surface area contributed by atoms with E-state index in [1.165, 1.54) is 0 Å². The Balaban J connectivity index is 1.93. The highest BCUT2D eigenvalue weighted by atomic mass is 16.6. The largest absolute Gasteiger partial charge is 0.491 e. The zero-order valence-corrected chi connectivity index (χ0v) is 11.0. The zero-order chi connectivity index (χ0) is 13.2. The molecular weight excluding hydrogens is 230 g/mol. The average molecular weight is 249 g/mol. The maximum atomic E-state index is 11.7. The molecule has 4 heteroatoms. The number of rotatable bonds is 5. The number of hydrogen-bond donors (Lipinski definition) is 1. The Labute approximate surface area is 107 Å². The van der Waals surface area contributed by atoms with E-state index >= 15 is 0 Å². The molecule has 1 aromatic carbocycles. The van der Waals surface area contributed by atoms with Crippen LogP contribution in [-0.2, 0) is 9.53 Å². The summed E-state index contributed by atoms with van der Waals surface area (Å²) in [7, 11) is 0. The van der Waals surface area contributed by atoms with Gasteiger partial charge in [-0.15, -0.1) is 0 Å². The van der Waals surface area contributed by atoms with E-state index in [0.717, 1.165) is 17.9 Å². The second-order valence-electron chi connectivity index (χ2n) is 4.83. The molecule has 2 rings (SSSR count). The highest BCUT2D eigenvalue weighted by Gasteiger charge is 2.47. The van der Waals surface area contributed by atoms with Gasteiger partial charge in [-0.05, 0) is 44.5 Å². The van der Waals surface area contributed by atoms with Crippen molar-refractivity contribution in [3.8, 4) is 5.75 Å². The van der Waals surface area contributed by atoms with Crippen molar-refractivity contribution in [3.63, 3.8) is 0 Å². The van der Waals surface area contributed by atoms with Gasteiger partial charge in [-0.2, -0.15) is 0 Å². The number of carbonyl (C=O) groups is 1. The molecule has 1 N–H and O–H groups in total. The first kappa shape index (κ1) is 12.9. The molecular formula is C14H19NO3. The molecule has 4 nitrogen and oxygen atoms in total. The Morgan fingerprint density at radius 2 is 2.11 bits per heavy atom. The van der Waals surface area contributed by atoms with Crippen LogP contribution in [0.25, 0.3) is 0 Å². The van der Waals surface area contributed by atoms with Gasteiger partial charge < -0.3 is 14.8 Å². The number of hydrogen-bond acceptors (Lipinski definition) is 3. The second-order valence-corrected chi connectivity index (χ2v) is 4.83. The van der Waals surface area contributed by atoms with Crippen molar-refractivity contribution in [2.75, 3.05) is 11.9 Å². The number of carbonyl (C=O) groups excluding carboxylic acids is 1. The van der Waals surface area contributed by atoms with Crippen LogP contribution in [0.2, 0.25) is 0 Å². The maximum absolute atomic E-state index is 11.7. The first-order chi connectivity index (χ1) is 8.53. The van der Waals surface area contributed by atoms with Gasteiger partial charge in [0.1, 0.15) is 5.75 Å². The Morgan fingerprint density at radius 3 is 2.61 bits per heavy atom. The van der Waals surface area contributed by atoms with Crippen LogP contribution in [0.15, 0.2) is 24.3 Å². The van der Waals surface area contributed by atoms with E-state index in [9.17, 15) is 4.79 Å². The molecule has 0 bridgehead atoms. The molecule has 18 heavy (non-hydrogen) atoms. The standard InChI is InChI=1S/C14H19NO3/c1-4-10(2)18-12-7-5-11(6-8-12)15-13(16)14(3)9-17-14/h5-8,10H,4,9H2,1-3H3,(H,15,16). The van der Waals surface area contributed by atoms with Crippen molar-refractivity contribution < 1.29 is 14.3 Å². The third-order valence-corrected chi connectivity index (χ3v) is 3.08. The summed E-state index contributed by atoms with van der Waals surface area (Å²) in [6, 6.07) is 7.39. The summed E-state index contributed by atoms with van der Waals surface area (Å²) in [6.07, 6.45) is 1.16. The van der Waals surface area contributed by atoms with Crippen molar-refractivity contribution in [3.05, 3.63) is 24.3 Å². The van der Waals surface area contributed by atoms with Crippen LogP contribution in [0.4, 0.5) is 5.69 Å². The van der Waals surface area contributed by atoms with Crippen LogP contribution in [0.1, 0.15) is 27.2 Å². The highest BCUT2D eigenvalue weighted by Crippen LogP contribution is 2.28. The summed E-state index contributed by atoms with van der Waals surface area (Å²) in [5.41, 5.74) is 0.125. The van der Waals surface area contributed by atoms with Crippen LogP contribution < -0.4 is 10.1 Å². The first-order valence-electron chi connectivity index (χ1n) is 6.25. The Morgan fingerprint density at radius 1 is 1.50 bits per heavy atom. The van der Waals surface area contributed by atoms with Crippen LogP contribution in [-0.4, -0.2) is 24.2 Å². The summed E-state index contributed by atoms with van der Waals surface area (Å²) < 4.78 is 10.7. The maximum Gasteiger partial charge on any atom is 0.258 e. The van der Waals surface area contributed by atoms with Crippen LogP contribution in [0.3, 0.4) is 0 Å². The van der Waals surface area contributed by atoms with Gasteiger partial charge in [0.15, 0.2) is 5.60 Å². The minimum absolute atomic E-state index is 0.0990. The predicted octanol–water partition coefficient (Wildman–Crippen LogP) is 2.59. The lowest BCUT2D eigenvalue weighted by molar-refractivity contribution is -0.120. The van der Waals surface area contributed by atoms with Crippen LogP contribution in [0.5, 0.6) is 5.75 Å². The molecule has 0 aromatic heterocycles. The lowest BCUT2D eigenvalue weighted by atomic mass is 10.2. The monoisotopic (exact) mass is 249 g/mol. The van der Waals surface area contributed by atoms with Gasteiger partial charge in [0.05, 0.1) is 12.7 Å². The van der Waals surface area contributed by atoms with E-state index in [1.54, 1.807) is 6.92 Å². The molecule has 98 valence electrons. The topological polar surface area (TPSA) is 50.9 Å². The van der Waals surface area contributed by atoms with E-state index < -0.39 is 5.60 Å². The summed E-state index contributed by atoms with van der Waals surface area (Å²) in [4.78, 5) is 11.7. The van der Waals surface area contributed by atoms with Crippen molar-refractivity contribution in [2.45, 2.75) is 38.9 Å². The van der Waals surface area contributed by atoms with Gasteiger partial charge in [-0.25, -0.2) is 0 Å². The Kier molecular flexibility index (Phi) is 3.57. The zero-order valence-electron chi connectivity index (χ0n) is 11.0. The van der Waals surface area contributed by atoms with Gasteiger partial charge in [-0.3, -0.25) is 4.79 Å². The Hall–Kier alpha value is -1.55. The second kappa shape index (κ2) is 4.98. The summed E-state index contributed by atoms with van der Waals surface area (Å²) >= 11 is 0. The summed E-state index contributed by atoms with van der Waals surface area (Å²) in [5.74, 6) is 0.717. The quantitative estimate of drug-likeness (QED) is 0.816. The minimum atomic E-state index is -0.633. The molecule has 2 atom stereocenters. The normalized spacial score (nSPS) is 23.3. The molecule has 1 fully saturated rings. The molecule has 1 aromatic rings. The number of benzene rings is 1.